The zero-order valence-corrected chi connectivity index (χ0v) is 5.77. The van der Waals surface area contributed by atoms with Crippen LogP contribution in [-0.2, 0) is 4.79 Å². The highest BCUT2D eigenvalue weighted by molar-refractivity contribution is 5.65. The van der Waals surface area contributed by atoms with E-state index in [-0.39, 0.29) is 0 Å². The third kappa shape index (κ3) is 1.62. The van der Waals surface area contributed by atoms with Crippen molar-refractivity contribution in [2.45, 2.75) is 5.92 Å². The van der Waals surface area contributed by atoms with Gasteiger partial charge in [-0.05, 0) is 12.1 Å². The van der Waals surface area contributed by atoms with Crippen LogP contribution in [0.25, 0.3) is 0 Å². The molecule has 0 bridgehead atoms. The van der Waals surface area contributed by atoms with Gasteiger partial charge in [-0.25, -0.2) is 0 Å². The summed E-state index contributed by atoms with van der Waals surface area (Å²) in [6.45, 7) is 0. The van der Waals surface area contributed by atoms with E-state index in [1.165, 1.54) is 0 Å². The molecule has 1 heterocycles. The number of carbonyl (C=O) groups excluding carboxylic acids is 1. The van der Waals surface area contributed by atoms with Gasteiger partial charge in [-0.2, -0.15) is 5.26 Å². The Kier molecular flexibility index (Phi) is 2.34. The predicted molar refractivity (Wildman–Crippen MR) is 38.7 cm³/mol. The molecule has 1 rings (SSSR count). The molecule has 0 saturated heterocycles. The highest BCUT2D eigenvalue weighted by Gasteiger charge is 2.08. The van der Waals surface area contributed by atoms with Crippen LogP contribution in [0.5, 0.6) is 0 Å². The van der Waals surface area contributed by atoms with Gasteiger partial charge in [-0.15, -0.1) is 0 Å². The first kappa shape index (κ1) is 7.42. The predicted octanol–water partition coefficient (Wildman–Crippen LogP) is 0.888. The van der Waals surface area contributed by atoms with Crippen LogP contribution in [-0.4, -0.2) is 11.3 Å². The van der Waals surface area contributed by atoms with E-state index in [1.54, 1.807) is 24.4 Å². The lowest BCUT2D eigenvalue weighted by Gasteiger charge is -1.96. The molecule has 0 aromatic carbocycles. The topological polar surface area (TPSA) is 53.8 Å². The Balaban J connectivity index is 2.93. The fourth-order valence-corrected chi connectivity index (χ4v) is 0.726. The molecule has 0 fully saturated rings. The van der Waals surface area contributed by atoms with Gasteiger partial charge in [0.05, 0.1) is 11.8 Å². The highest BCUT2D eigenvalue weighted by atomic mass is 16.1. The summed E-state index contributed by atoms with van der Waals surface area (Å²) in [6.07, 6.45) is 2.14. The fraction of sp³-hybridized carbons (Fsp3) is 0.125. The monoisotopic (exact) mass is 146 g/mol. The number of nitriles is 1. The van der Waals surface area contributed by atoms with Crippen molar-refractivity contribution in [3.63, 3.8) is 0 Å². The van der Waals surface area contributed by atoms with E-state index in [0.29, 0.717) is 12.0 Å². The maximum atomic E-state index is 10.3. The molecule has 0 N–H and O–H groups in total. The van der Waals surface area contributed by atoms with Gasteiger partial charge in [0, 0.05) is 6.20 Å². The molecule has 1 aromatic rings. The number of pyridine rings is 1. The van der Waals surface area contributed by atoms with Gasteiger partial charge in [0.2, 0.25) is 0 Å². The third-order valence-electron chi connectivity index (χ3n) is 1.28. The number of aldehydes is 1. The number of aromatic nitrogens is 1. The smallest absolute Gasteiger partial charge is 0.144 e. The van der Waals surface area contributed by atoms with Gasteiger partial charge in [0.1, 0.15) is 12.2 Å². The van der Waals surface area contributed by atoms with Gasteiger partial charge < -0.3 is 4.79 Å². The largest absolute Gasteiger partial charge is 0.301 e. The Morgan fingerprint density at radius 3 is 2.91 bits per heavy atom. The molecule has 54 valence electrons. The number of hydrogen-bond acceptors (Lipinski definition) is 3. The van der Waals surface area contributed by atoms with Crippen LogP contribution in [0, 0.1) is 11.3 Å². The average molecular weight is 146 g/mol. The molecular formula is C8H6N2O. The molecule has 0 radical (unpaired) electrons. The first-order chi connectivity index (χ1) is 5.38. The highest BCUT2D eigenvalue weighted by Crippen LogP contribution is 2.06. The zero-order chi connectivity index (χ0) is 8.10. The van der Waals surface area contributed by atoms with Gasteiger partial charge in [0.15, 0.2) is 0 Å². The van der Waals surface area contributed by atoms with E-state index in [4.69, 9.17) is 5.26 Å². The molecule has 0 aliphatic rings. The normalized spacial score (nSPS) is 11.5. The molecule has 0 aliphatic heterocycles. The lowest BCUT2D eigenvalue weighted by atomic mass is 10.1. The Labute approximate surface area is 64.3 Å². The maximum absolute atomic E-state index is 10.3. The lowest BCUT2D eigenvalue weighted by molar-refractivity contribution is -0.108. The summed E-state index contributed by atoms with van der Waals surface area (Å²) in [5, 5.41) is 8.46. The molecular weight excluding hydrogens is 140 g/mol. The van der Waals surface area contributed by atoms with E-state index in [2.05, 4.69) is 4.98 Å². The number of carbonyl (C=O) groups is 1. The minimum atomic E-state index is -0.726. The average Bonchev–Trinajstić information content (AvgIpc) is 2.09. The Morgan fingerprint density at radius 1 is 1.64 bits per heavy atom. The molecule has 0 aliphatic carbocycles. The van der Waals surface area contributed by atoms with E-state index >= 15 is 0 Å². The van der Waals surface area contributed by atoms with E-state index in [0.717, 1.165) is 0 Å². The van der Waals surface area contributed by atoms with E-state index in [1.807, 2.05) is 6.07 Å². The minimum Gasteiger partial charge on any atom is -0.301 e. The Bertz CT molecular complexity index is 276. The molecule has 1 aromatic heterocycles. The van der Waals surface area contributed by atoms with Crippen LogP contribution in [0.4, 0.5) is 0 Å². The van der Waals surface area contributed by atoms with Crippen molar-refractivity contribution in [3.05, 3.63) is 30.1 Å². The summed E-state index contributed by atoms with van der Waals surface area (Å²) in [5.74, 6) is -0.726. The number of rotatable bonds is 2. The van der Waals surface area contributed by atoms with Crippen LogP contribution >= 0.6 is 0 Å². The molecule has 1 atom stereocenters. The van der Waals surface area contributed by atoms with Crippen molar-refractivity contribution < 1.29 is 4.79 Å². The van der Waals surface area contributed by atoms with Gasteiger partial charge >= 0.3 is 0 Å². The summed E-state index contributed by atoms with van der Waals surface area (Å²) in [6, 6.07) is 6.98. The van der Waals surface area contributed by atoms with Gasteiger partial charge in [0.25, 0.3) is 0 Å². The van der Waals surface area contributed by atoms with Crippen molar-refractivity contribution in [2.24, 2.45) is 0 Å². The SMILES string of the molecule is N#CC(C=O)c1ccccn1. The molecule has 3 nitrogen and oxygen atoms in total. The summed E-state index contributed by atoms with van der Waals surface area (Å²) in [5.41, 5.74) is 0.505. The molecule has 0 amide bonds. The maximum Gasteiger partial charge on any atom is 0.144 e. The van der Waals surface area contributed by atoms with E-state index in [9.17, 15) is 4.79 Å². The quantitative estimate of drug-likeness (QED) is 0.582. The van der Waals surface area contributed by atoms with Crippen molar-refractivity contribution in [2.75, 3.05) is 0 Å². The number of hydrogen-bond donors (Lipinski definition) is 0. The Morgan fingerprint density at radius 2 is 2.45 bits per heavy atom. The molecule has 3 heteroatoms. The first-order valence-electron chi connectivity index (χ1n) is 3.14. The third-order valence-corrected chi connectivity index (χ3v) is 1.28. The van der Waals surface area contributed by atoms with Crippen LogP contribution in [0.1, 0.15) is 11.6 Å². The van der Waals surface area contributed by atoms with Gasteiger partial charge in [-0.3, -0.25) is 4.98 Å². The molecule has 0 spiro atoms. The van der Waals surface area contributed by atoms with Crippen molar-refractivity contribution in [3.8, 4) is 6.07 Å². The summed E-state index contributed by atoms with van der Waals surface area (Å²) in [4.78, 5) is 14.1. The summed E-state index contributed by atoms with van der Waals surface area (Å²) >= 11 is 0. The van der Waals surface area contributed by atoms with Crippen molar-refractivity contribution in [1.82, 2.24) is 4.98 Å². The molecule has 0 saturated carbocycles. The van der Waals surface area contributed by atoms with Crippen molar-refractivity contribution >= 4 is 6.29 Å². The summed E-state index contributed by atoms with van der Waals surface area (Å²) < 4.78 is 0. The lowest BCUT2D eigenvalue weighted by Crippen LogP contribution is -1.98. The fourth-order valence-electron chi connectivity index (χ4n) is 0.726. The van der Waals surface area contributed by atoms with Crippen molar-refractivity contribution in [1.29, 1.82) is 5.26 Å². The minimum absolute atomic E-state index is 0.505. The van der Waals surface area contributed by atoms with Crippen LogP contribution in [0.3, 0.4) is 0 Å². The Hall–Kier alpha value is -1.69. The summed E-state index contributed by atoms with van der Waals surface area (Å²) in [7, 11) is 0. The standard InChI is InChI=1S/C8H6N2O/c9-5-7(6-11)8-3-1-2-4-10-8/h1-4,6-7H. The van der Waals surface area contributed by atoms with Gasteiger partial charge in [-0.1, -0.05) is 6.07 Å². The number of nitrogens with zero attached hydrogens (tertiary/aromatic N) is 2. The van der Waals surface area contributed by atoms with Crippen LogP contribution in [0.2, 0.25) is 0 Å². The molecule has 11 heavy (non-hydrogen) atoms. The molecule has 1 unspecified atom stereocenters. The second kappa shape index (κ2) is 3.47. The van der Waals surface area contributed by atoms with E-state index < -0.39 is 5.92 Å². The zero-order valence-electron chi connectivity index (χ0n) is 5.77. The second-order valence-electron chi connectivity index (χ2n) is 2.00. The first-order valence-corrected chi connectivity index (χ1v) is 3.14. The van der Waals surface area contributed by atoms with Crippen LogP contribution < -0.4 is 0 Å². The second-order valence-corrected chi connectivity index (χ2v) is 2.00. The van der Waals surface area contributed by atoms with Crippen LogP contribution in [0.15, 0.2) is 24.4 Å².